The molecule has 0 spiro atoms. The summed E-state index contributed by atoms with van der Waals surface area (Å²) in [5.74, 6) is 0.218. The van der Waals surface area contributed by atoms with Gasteiger partial charge in [-0.1, -0.05) is 12.1 Å². The molecule has 0 aliphatic rings. The fourth-order valence-electron chi connectivity index (χ4n) is 2.17. The first-order chi connectivity index (χ1) is 11.4. The third-order valence-corrected chi connectivity index (χ3v) is 5.59. The lowest BCUT2D eigenvalue weighted by molar-refractivity contribution is 0.275. The Kier molecular flexibility index (Phi) is 5.80. The van der Waals surface area contributed by atoms with Crippen LogP contribution in [-0.4, -0.2) is 40.0 Å². The summed E-state index contributed by atoms with van der Waals surface area (Å²) in [5, 5.41) is 0. The number of halogens is 1. The van der Waals surface area contributed by atoms with Crippen LogP contribution in [0.25, 0.3) is 0 Å². The van der Waals surface area contributed by atoms with E-state index in [1.165, 1.54) is 36.7 Å². The fraction of sp³-hybridized carbons (Fsp3) is 0.294. The number of rotatable bonds is 7. The van der Waals surface area contributed by atoms with Crippen LogP contribution in [0.15, 0.2) is 47.4 Å². The lowest BCUT2D eigenvalue weighted by Crippen LogP contribution is -2.31. The number of likely N-dealkylation sites (N-methyl/N-ethyl adjacent to an activating group) is 1. The van der Waals surface area contributed by atoms with Crippen molar-refractivity contribution in [1.29, 1.82) is 0 Å². The van der Waals surface area contributed by atoms with Crippen LogP contribution in [0.1, 0.15) is 5.56 Å². The molecule has 2 rings (SSSR count). The number of nitrogens with zero attached hydrogens (tertiary/aromatic N) is 1. The van der Waals surface area contributed by atoms with Gasteiger partial charge < -0.3 is 9.47 Å². The summed E-state index contributed by atoms with van der Waals surface area (Å²) >= 11 is 0. The van der Waals surface area contributed by atoms with Crippen molar-refractivity contribution in [1.82, 2.24) is 4.31 Å². The first-order valence-corrected chi connectivity index (χ1v) is 8.78. The van der Waals surface area contributed by atoms with Crippen molar-refractivity contribution < 1.29 is 22.3 Å². The van der Waals surface area contributed by atoms with Gasteiger partial charge in [0.1, 0.15) is 12.4 Å². The summed E-state index contributed by atoms with van der Waals surface area (Å²) < 4.78 is 50.3. The number of benzene rings is 2. The molecule has 0 aliphatic carbocycles. The standard InChI is InChI=1S/C17H20FNO4S/c1-13-12-14(22-3)8-9-17(13)24(20,21)19(2)10-11-23-16-7-5-4-6-15(16)18/h4-9,12H,10-11H2,1-3H3. The molecule has 2 aromatic carbocycles. The van der Waals surface area contributed by atoms with Gasteiger partial charge in [-0.2, -0.15) is 4.31 Å². The smallest absolute Gasteiger partial charge is 0.243 e. The Morgan fingerprint density at radius 3 is 2.50 bits per heavy atom. The Bertz CT molecular complexity index is 808. The minimum absolute atomic E-state index is 0.0475. The topological polar surface area (TPSA) is 55.8 Å². The van der Waals surface area contributed by atoms with Crippen molar-refractivity contribution >= 4 is 10.0 Å². The molecule has 0 bridgehead atoms. The van der Waals surface area contributed by atoms with Crippen molar-refractivity contribution in [3.8, 4) is 11.5 Å². The van der Waals surface area contributed by atoms with Gasteiger partial charge in [-0.25, -0.2) is 12.8 Å². The first-order valence-electron chi connectivity index (χ1n) is 7.34. The minimum atomic E-state index is -3.66. The van der Waals surface area contributed by atoms with E-state index in [1.807, 2.05) is 0 Å². The van der Waals surface area contributed by atoms with Gasteiger partial charge in [-0.05, 0) is 42.8 Å². The maximum absolute atomic E-state index is 13.5. The zero-order chi connectivity index (χ0) is 17.7. The first kappa shape index (κ1) is 18.2. The molecule has 0 aromatic heterocycles. The summed E-state index contributed by atoms with van der Waals surface area (Å²) in [5.41, 5.74) is 0.594. The molecule has 0 heterocycles. The highest BCUT2D eigenvalue weighted by Gasteiger charge is 2.23. The van der Waals surface area contributed by atoms with E-state index in [9.17, 15) is 12.8 Å². The molecule has 0 saturated carbocycles. The van der Waals surface area contributed by atoms with Crippen molar-refractivity contribution in [2.24, 2.45) is 0 Å². The molecule has 0 unspecified atom stereocenters. The normalized spacial score (nSPS) is 11.5. The van der Waals surface area contributed by atoms with Gasteiger partial charge >= 0.3 is 0 Å². The van der Waals surface area contributed by atoms with Gasteiger partial charge in [-0.15, -0.1) is 0 Å². The van der Waals surface area contributed by atoms with E-state index in [-0.39, 0.29) is 23.8 Å². The Morgan fingerprint density at radius 2 is 1.88 bits per heavy atom. The van der Waals surface area contributed by atoms with Crippen LogP contribution in [0.4, 0.5) is 4.39 Å². The number of hydrogen-bond donors (Lipinski definition) is 0. The lowest BCUT2D eigenvalue weighted by atomic mass is 10.2. The molecule has 24 heavy (non-hydrogen) atoms. The van der Waals surface area contributed by atoms with Crippen LogP contribution in [0, 0.1) is 12.7 Å². The van der Waals surface area contributed by atoms with Gasteiger partial charge in [0.25, 0.3) is 0 Å². The number of hydrogen-bond acceptors (Lipinski definition) is 4. The minimum Gasteiger partial charge on any atom is -0.497 e. The molecular formula is C17H20FNO4S. The SMILES string of the molecule is COc1ccc(S(=O)(=O)N(C)CCOc2ccccc2F)c(C)c1. The summed E-state index contributed by atoms with van der Waals surface area (Å²) in [6, 6.07) is 10.8. The Morgan fingerprint density at radius 1 is 1.17 bits per heavy atom. The van der Waals surface area contributed by atoms with Crippen LogP contribution in [0.5, 0.6) is 11.5 Å². The highest BCUT2D eigenvalue weighted by atomic mass is 32.2. The highest BCUT2D eigenvalue weighted by Crippen LogP contribution is 2.23. The summed E-state index contributed by atoms with van der Waals surface area (Å²) in [7, 11) is -0.670. The highest BCUT2D eigenvalue weighted by molar-refractivity contribution is 7.89. The zero-order valence-corrected chi connectivity index (χ0v) is 14.6. The van der Waals surface area contributed by atoms with Gasteiger partial charge in [0.2, 0.25) is 10.0 Å². The Hall–Kier alpha value is -2.12. The monoisotopic (exact) mass is 353 g/mol. The molecule has 5 nitrogen and oxygen atoms in total. The third-order valence-electron chi connectivity index (χ3n) is 3.57. The van der Waals surface area contributed by atoms with Gasteiger partial charge in [0.05, 0.1) is 12.0 Å². The van der Waals surface area contributed by atoms with Gasteiger partial charge in [0, 0.05) is 13.6 Å². The van der Waals surface area contributed by atoms with Gasteiger partial charge in [-0.3, -0.25) is 0 Å². The van der Waals surface area contributed by atoms with E-state index in [0.717, 1.165) is 0 Å². The predicted molar refractivity (Wildman–Crippen MR) is 89.4 cm³/mol. The quantitative estimate of drug-likeness (QED) is 0.768. The zero-order valence-electron chi connectivity index (χ0n) is 13.8. The second-order valence-electron chi connectivity index (χ2n) is 5.24. The number of ether oxygens (including phenoxy) is 2. The number of methoxy groups -OCH3 is 1. The average molecular weight is 353 g/mol. The van der Waals surface area contributed by atoms with Gasteiger partial charge in [0.15, 0.2) is 11.6 Å². The number of sulfonamides is 1. The molecule has 2 aromatic rings. The number of aryl methyl sites for hydroxylation is 1. The van der Waals surface area contributed by atoms with E-state index in [0.29, 0.717) is 11.3 Å². The molecule has 0 aliphatic heterocycles. The molecule has 0 fully saturated rings. The van der Waals surface area contributed by atoms with Crippen LogP contribution >= 0.6 is 0 Å². The predicted octanol–water partition coefficient (Wildman–Crippen LogP) is 2.84. The molecule has 0 atom stereocenters. The van der Waals surface area contributed by atoms with Crippen LogP contribution in [0.2, 0.25) is 0 Å². The van der Waals surface area contributed by atoms with Crippen molar-refractivity contribution in [2.75, 3.05) is 27.3 Å². The van der Waals surface area contributed by atoms with Crippen molar-refractivity contribution in [3.63, 3.8) is 0 Å². The molecule has 7 heteroatoms. The van der Waals surface area contributed by atoms with Crippen LogP contribution < -0.4 is 9.47 Å². The summed E-state index contributed by atoms with van der Waals surface area (Å²) in [4.78, 5) is 0.205. The van der Waals surface area contributed by atoms with E-state index in [1.54, 1.807) is 31.2 Å². The molecule has 0 radical (unpaired) electrons. The molecule has 0 N–H and O–H groups in total. The second kappa shape index (κ2) is 7.63. The summed E-state index contributed by atoms with van der Waals surface area (Å²) in [6.07, 6.45) is 0. The van der Waals surface area contributed by atoms with E-state index < -0.39 is 15.8 Å². The second-order valence-corrected chi connectivity index (χ2v) is 7.25. The maximum Gasteiger partial charge on any atom is 0.243 e. The van der Waals surface area contributed by atoms with E-state index in [4.69, 9.17) is 9.47 Å². The average Bonchev–Trinajstić information content (AvgIpc) is 2.56. The van der Waals surface area contributed by atoms with Crippen molar-refractivity contribution in [3.05, 3.63) is 53.8 Å². The Labute approximate surface area is 141 Å². The van der Waals surface area contributed by atoms with Crippen molar-refractivity contribution in [2.45, 2.75) is 11.8 Å². The third kappa shape index (κ3) is 4.04. The Balaban J connectivity index is 2.05. The van der Waals surface area contributed by atoms with E-state index >= 15 is 0 Å². The summed E-state index contributed by atoms with van der Waals surface area (Å²) in [6.45, 7) is 1.85. The van der Waals surface area contributed by atoms with E-state index in [2.05, 4.69) is 0 Å². The molecule has 0 saturated heterocycles. The molecular weight excluding hydrogens is 333 g/mol. The van der Waals surface area contributed by atoms with Crippen LogP contribution in [0.3, 0.4) is 0 Å². The lowest BCUT2D eigenvalue weighted by Gasteiger charge is -2.19. The maximum atomic E-state index is 13.5. The number of para-hydroxylation sites is 1. The fourth-order valence-corrected chi connectivity index (χ4v) is 3.53. The largest absolute Gasteiger partial charge is 0.497 e. The molecule has 130 valence electrons. The molecule has 0 amide bonds. The van der Waals surface area contributed by atoms with Crippen LogP contribution in [-0.2, 0) is 10.0 Å².